The Morgan fingerprint density at radius 3 is 0.986 bits per heavy atom. The second-order valence-corrected chi connectivity index (χ2v) is 24.2. The Balaban J connectivity index is 1.18. The number of rotatable bonds is 10. The van der Waals surface area contributed by atoms with E-state index in [4.69, 9.17) is 38.4 Å². The fourth-order valence-corrected chi connectivity index (χ4v) is 9.74. The van der Waals surface area contributed by atoms with E-state index in [1.807, 2.05) is 48.8 Å². The molecule has 0 spiro atoms. The van der Waals surface area contributed by atoms with E-state index >= 15 is 0 Å². The van der Waals surface area contributed by atoms with E-state index in [-0.39, 0.29) is 46.7 Å². The van der Waals surface area contributed by atoms with Crippen molar-refractivity contribution in [2.45, 2.75) is 130 Å². The van der Waals surface area contributed by atoms with Gasteiger partial charge >= 0.3 is 0 Å². The van der Waals surface area contributed by atoms with Crippen LogP contribution in [0.5, 0.6) is 46.0 Å². The summed E-state index contributed by atoms with van der Waals surface area (Å²) < 4.78 is 36.1. The Morgan fingerprint density at radius 2 is 0.689 bits per heavy atom. The van der Waals surface area contributed by atoms with Crippen LogP contribution in [0, 0.1) is 0 Å². The monoisotopic (exact) mass is 999 g/mol. The van der Waals surface area contributed by atoms with E-state index < -0.39 is 0 Å². The molecule has 2 N–H and O–H groups in total. The number of phenols is 2. The van der Waals surface area contributed by atoms with Gasteiger partial charge in [0.1, 0.15) is 36.2 Å². The van der Waals surface area contributed by atoms with Crippen molar-refractivity contribution in [2.75, 3.05) is 39.9 Å². The Kier molecular flexibility index (Phi) is 14.3. The SMILES string of the molecule is CC(C)(C)c1cc2c(O)c(c1)Cc1cc(C(C)(C)C)cc(c1OCCN=Cc1ccc3c(c1)OCO3)Cc1cc(C(C)(C)C)cc(c1O)Cc1cc(C(C)(C)C)cc(c1OCCN=Cc1ccc3c(c1)OCO3)C2. The predicted molar refractivity (Wildman–Crippen MR) is 296 cm³/mol. The van der Waals surface area contributed by atoms with Gasteiger partial charge in [0, 0.05) is 38.1 Å². The molecule has 2 heterocycles. The lowest BCUT2D eigenvalue weighted by Crippen LogP contribution is -2.17. The molecule has 6 aromatic carbocycles. The summed E-state index contributed by atoms with van der Waals surface area (Å²) in [4.78, 5) is 9.54. The smallest absolute Gasteiger partial charge is 0.231 e. The molecule has 74 heavy (non-hydrogen) atoms. The summed E-state index contributed by atoms with van der Waals surface area (Å²) in [5, 5.41) is 25.5. The molecule has 0 saturated carbocycles. The standard InChI is InChI=1S/C64H74N2O8/c1-61(2,3)49-27-41-23-45-31-51(63(7,8)9)33-47(59(45)69-19-17-65-35-39-13-15-53-55(21-39)73-37-71-53)25-43-29-50(62(4,5)6)30-44(58(43)68)26-48-34-52(64(10,11)12)32-46(24-42(28-49)57(41)67)60(48)70-20-18-66-36-40-14-16-54-56(22-40)74-38-72-54/h13-16,21-22,27-36,67-68H,17-20,23-26,37-38H2,1-12H3. The van der Waals surface area contributed by atoms with Gasteiger partial charge < -0.3 is 38.6 Å². The Morgan fingerprint density at radius 1 is 0.405 bits per heavy atom. The largest absolute Gasteiger partial charge is 0.507 e. The number of ether oxygens (including phenoxy) is 6. The van der Waals surface area contributed by atoms with Gasteiger partial charge in [-0.05, 0) is 136 Å². The number of benzene rings is 6. The molecule has 3 aliphatic rings. The molecule has 10 heteroatoms. The lowest BCUT2D eigenvalue weighted by molar-refractivity contribution is 0.173. The highest BCUT2D eigenvalue weighted by Gasteiger charge is 2.29. The lowest BCUT2D eigenvalue weighted by Gasteiger charge is -2.28. The maximum absolute atomic E-state index is 12.7. The molecule has 2 aliphatic heterocycles. The van der Waals surface area contributed by atoms with Gasteiger partial charge in [0.25, 0.3) is 0 Å². The van der Waals surface area contributed by atoms with Crippen molar-refractivity contribution in [3.63, 3.8) is 0 Å². The molecule has 0 fully saturated rings. The van der Waals surface area contributed by atoms with Crippen LogP contribution in [0.2, 0.25) is 0 Å². The molecule has 388 valence electrons. The third-order valence-corrected chi connectivity index (χ3v) is 14.2. The molecule has 1 aliphatic carbocycles. The van der Waals surface area contributed by atoms with Crippen LogP contribution in [-0.2, 0) is 47.3 Å². The zero-order chi connectivity index (χ0) is 52.7. The van der Waals surface area contributed by atoms with Crippen LogP contribution >= 0.6 is 0 Å². The zero-order valence-corrected chi connectivity index (χ0v) is 45.5. The van der Waals surface area contributed by atoms with E-state index in [9.17, 15) is 10.2 Å². The van der Waals surface area contributed by atoms with Crippen LogP contribution in [0.25, 0.3) is 0 Å². The van der Waals surface area contributed by atoms with Crippen molar-refractivity contribution in [3.8, 4) is 46.0 Å². The van der Waals surface area contributed by atoms with Crippen molar-refractivity contribution in [2.24, 2.45) is 9.98 Å². The predicted octanol–water partition coefficient (Wildman–Crippen LogP) is 13.4. The molecule has 8 bridgehead atoms. The summed E-state index contributed by atoms with van der Waals surface area (Å²) in [5.41, 5.74) is 12.5. The van der Waals surface area contributed by atoms with Crippen molar-refractivity contribution in [3.05, 3.63) is 163 Å². The molecule has 0 saturated heterocycles. The van der Waals surface area contributed by atoms with Crippen LogP contribution in [0.3, 0.4) is 0 Å². The molecule has 0 amide bonds. The van der Waals surface area contributed by atoms with Crippen molar-refractivity contribution in [1.29, 1.82) is 0 Å². The van der Waals surface area contributed by atoms with Gasteiger partial charge in [0.2, 0.25) is 13.6 Å². The first-order valence-corrected chi connectivity index (χ1v) is 26.1. The quantitative estimate of drug-likeness (QED) is 0.103. The molecular formula is C64H74N2O8. The minimum absolute atomic E-state index is 0.214. The highest BCUT2D eigenvalue weighted by Crippen LogP contribution is 2.44. The number of fused-ring (bicyclic) bond motifs is 10. The molecule has 10 nitrogen and oxygen atoms in total. The highest BCUT2D eigenvalue weighted by molar-refractivity contribution is 5.81. The van der Waals surface area contributed by atoms with Crippen LogP contribution < -0.4 is 28.4 Å². The molecule has 0 aromatic heterocycles. The van der Waals surface area contributed by atoms with Gasteiger partial charge in [-0.1, -0.05) is 132 Å². The Bertz CT molecular complexity index is 2830. The normalized spacial score (nSPS) is 14.5. The van der Waals surface area contributed by atoms with Gasteiger partial charge in [-0.25, -0.2) is 0 Å². The molecular weight excluding hydrogens is 925 g/mol. The molecule has 0 unspecified atom stereocenters. The first-order valence-electron chi connectivity index (χ1n) is 26.1. The number of hydrogen-bond donors (Lipinski definition) is 2. The number of aliphatic imine (C=N–C) groups is 2. The Hall–Kier alpha value is -6.94. The van der Waals surface area contributed by atoms with E-state index in [1.54, 1.807) is 0 Å². The van der Waals surface area contributed by atoms with E-state index in [2.05, 4.69) is 132 Å². The summed E-state index contributed by atoms with van der Waals surface area (Å²) in [5.74, 6) is 4.87. The zero-order valence-electron chi connectivity index (χ0n) is 45.5. The van der Waals surface area contributed by atoms with Gasteiger partial charge in [-0.15, -0.1) is 0 Å². The summed E-state index contributed by atoms with van der Waals surface area (Å²) in [7, 11) is 0. The van der Waals surface area contributed by atoms with Gasteiger partial charge in [-0.2, -0.15) is 0 Å². The highest BCUT2D eigenvalue weighted by atomic mass is 16.7. The molecule has 9 rings (SSSR count). The topological polar surface area (TPSA) is 121 Å². The minimum Gasteiger partial charge on any atom is -0.507 e. The number of aromatic hydroxyl groups is 2. The third kappa shape index (κ3) is 11.7. The third-order valence-electron chi connectivity index (χ3n) is 14.2. The van der Waals surface area contributed by atoms with Gasteiger partial charge in [0.15, 0.2) is 23.0 Å². The van der Waals surface area contributed by atoms with Crippen molar-refractivity contribution < 1.29 is 38.6 Å². The summed E-state index contributed by atoms with van der Waals surface area (Å²) in [6.45, 7) is 28.5. The Labute approximate surface area is 438 Å². The lowest BCUT2D eigenvalue weighted by atomic mass is 9.79. The first-order chi connectivity index (χ1) is 35.0. The van der Waals surface area contributed by atoms with Gasteiger partial charge in [0.05, 0.1) is 13.1 Å². The van der Waals surface area contributed by atoms with Crippen LogP contribution in [0.1, 0.15) is 161 Å². The summed E-state index contributed by atoms with van der Waals surface area (Å²) in [6, 6.07) is 29.3. The number of phenolic OH excluding ortho intramolecular Hbond substituents is 2. The second kappa shape index (κ2) is 20.4. The average molecular weight is 999 g/mol. The summed E-state index contributed by atoms with van der Waals surface area (Å²) >= 11 is 0. The van der Waals surface area contributed by atoms with Crippen LogP contribution in [0.4, 0.5) is 0 Å². The maximum atomic E-state index is 12.7. The molecule has 6 aromatic rings. The van der Waals surface area contributed by atoms with Crippen molar-refractivity contribution >= 4 is 12.4 Å². The fraction of sp³-hybridized carbons (Fsp3) is 0.406. The van der Waals surface area contributed by atoms with E-state index in [0.29, 0.717) is 63.5 Å². The number of hydrogen-bond acceptors (Lipinski definition) is 10. The maximum Gasteiger partial charge on any atom is 0.231 e. The second-order valence-electron chi connectivity index (χ2n) is 24.2. The summed E-state index contributed by atoms with van der Waals surface area (Å²) in [6.07, 6.45) is 5.31. The molecule has 0 atom stereocenters. The van der Waals surface area contributed by atoms with Crippen molar-refractivity contribution in [1.82, 2.24) is 0 Å². The first kappa shape index (κ1) is 51.9. The van der Waals surface area contributed by atoms with Crippen LogP contribution in [0.15, 0.2) is 94.9 Å². The average Bonchev–Trinajstić information content (AvgIpc) is 4.00. The number of nitrogens with zero attached hydrogens (tertiary/aromatic N) is 2. The fourth-order valence-electron chi connectivity index (χ4n) is 9.74. The van der Waals surface area contributed by atoms with Crippen LogP contribution in [-0.4, -0.2) is 62.5 Å². The molecule has 0 radical (unpaired) electrons. The van der Waals surface area contributed by atoms with Gasteiger partial charge in [-0.3, -0.25) is 9.98 Å². The van der Waals surface area contributed by atoms with E-state index in [1.165, 1.54) is 0 Å². The van der Waals surface area contributed by atoms with E-state index in [0.717, 1.165) is 101 Å². The minimum atomic E-state index is -0.232.